The van der Waals surface area contributed by atoms with E-state index in [0.717, 1.165) is 32.2 Å². The maximum Gasteiger partial charge on any atom is 0.325 e. The number of carbonyl (C=O) groups is 2. The molecule has 1 fully saturated rings. The lowest BCUT2D eigenvalue weighted by Gasteiger charge is -2.29. The van der Waals surface area contributed by atoms with Crippen LogP contribution in [-0.2, 0) is 9.53 Å². The van der Waals surface area contributed by atoms with Gasteiger partial charge in [-0.25, -0.2) is 4.79 Å². The molecule has 1 aromatic rings. The van der Waals surface area contributed by atoms with Gasteiger partial charge in [0.05, 0.1) is 12.6 Å². The Labute approximate surface area is 129 Å². The summed E-state index contributed by atoms with van der Waals surface area (Å²) >= 11 is 1.68. The lowest BCUT2D eigenvalue weighted by molar-refractivity contribution is -0.141. The minimum absolute atomic E-state index is 0.0691. The van der Waals surface area contributed by atoms with Gasteiger partial charge in [0.1, 0.15) is 6.54 Å². The van der Waals surface area contributed by atoms with Crippen molar-refractivity contribution >= 4 is 23.3 Å². The molecule has 0 aromatic carbocycles. The number of esters is 1. The minimum Gasteiger partial charge on any atom is -0.465 e. The maximum absolute atomic E-state index is 12.4. The number of thiophene rings is 1. The van der Waals surface area contributed by atoms with Crippen molar-refractivity contribution in [2.45, 2.75) is 38.6 Å². The smallest absolute Gasteiger partial charge is 0.325 e. The van der Waals surface area contributed by atoms with Crippen LogP contribution in [0.3, 0.4) is 0 Å². The zero-order valence-corrected chi connectivity index (χ0v) is 13.2. The molecule has 0 aliphatic carbocycles. The Morgan fingerprint density at radius 1 is 1.43 bits per heavy atom. The van der Waals surface area contributed by atoms with Crippen LogP contribution in [0.5, 0.6) is 0 Å². The molecule has 1 aliphatic heterocycles. The molecule has 0 saturated carbocycles. The highest BCUT2D eigenvalue weighted by Gasteiger charge is 2.27. The number of likely N-dealkylation sites (tertiary alicyclic amines) is 1. The standard InChI is InChI=1S/C15H22N2O3S/c1-2-20-14(18)11-16-15(19)17-9-5-3-4-7-12(17)13-8-6-10-21-13/h6,8,10,12H,2-5,7,9,11H2,1H3,(H,16,19)/t12-/m0/s1. The molecular weight excluding hydrogens is 288 g/mol. The van der Waals surface area contributed by atoms with Crippen LogP contribution in [0.4, 0.5) is 4.79 Å². The molecule has 1 atom stereocenters. The summed E-state index contributed by atoms with van der Waals surface area (Å²) in [6, 6.07) is 4.03. The Kier molecular flexibility index (Phi) is 6.04. The van der Waals surface area contributed by atoms with Crippen LogP contribution in [0.15, 0.2) is 17.5 Å². The first kappa shape index (κ1) is 15.8. The van der Waals surface area contributed by atoms with E-state index in [4.69, 9.17) is 4.74 Å². The monoisotopic (exact) mass is 310 g/mol. The van der Waals surface area contributed by atoms with E-state index in [1.165, 1.54) is 4.88 Å². The average Bonchev–Trinajstić information content (AvgIpc) is 2.89. The molecule has 0 spiro atoms. The van der Waals surface area contributed by atoms with Crippen LogP contribution < -0.4 is 5.32 Å². The van der Waals surface area contributed by atoms with E-state index in [0.29, 0.717) is 6.61 Å². The van der Waals surface area contributed by atoms with Gasteiger partial charge < -0.3 is 15.0 Å². The summed E-state index contributed by atoms with van der Waals surface area (Å²) in [5.74, 6) is -0.395. The molecule has 2 amide bonds. The Balaban J connectivity index is 1.99. The minimum atomic E-state index is -0.395. The second-order valence-electron chi connectivity index (χ2n) is 5.04. The van der Waals surface area contributed by atoms with Crippen molar-refractivity contribution in [1.29, 1.82) is 0 Å². The Morgan fingerprint density at radius 2 is 2.29 bits per heavy atom. The third-order valence-corrected chi connectivity index (χ3v) is 4.55. The fourth-order valence-electron chi connectivity index (χ4n) is 2.59. The van der Waals surface area contributed by atoms with Crippen LogP contribution in [0.25, 0.3) is 0 Å². The SMILES string of the molecule is CCOC(=O)CNC(=O)N1CCCCC[C@H]1c1cccs1. The molecule has 5 nitrogen and oxygen atoms in total. The number of nitrogens with zero attached hydrogens (tertiary/aromatic N) is 1. The molecule has 1 aliphatic rings. The van der Waals surface area contributed by atoms with Gasteiger partial charge in [-0.05, 0) is 31.2 Å². The summed E-state index contributed by atoms with van der Waals surface area (Å²) in [6.45, 7) is 2.75. The van der Waals surface area contributed by atoms with Crippen LogP contribution >= 0.6 is 11.3 Å². The molecule has 1 aromatic heterocycles. The number of ether oxygens (including phenoxy) is 1. The van der Waals surface area contributed by atoms with Gasteiger partial charge in [0.15, 0.2) is 0 Å². The fraction of sp³-hybridized carbons (Fsp3) is 0.600. The first-order valence-corrected chi connectivity index (χ1v) is 8.34. The number of carbonyl (C=O) groups excluding carboxylic acids is 2. The summed E-state index contributed by atoms with van der Waals surface area (Å²) in [7, 11) is 0. The van der Waals surface area contributed by atoms with E-state index in [1.54, 1.807) is 18.3 Å². The first-order chi connectivity index (χ1) is 10.2. The van der Waals surface area contributed by atoms with Gasteiger partial charge in [0.25, 0.3) is 0 Å². The molecule has 1 saturated heterocycles. The molecular formula is C15H22N2O3S. The maximum atomic E-state index is 12.4. The molecule has 2 rings (SSSR count). The van der Waals surface area contributed by atoms with Crippen molar-refractivity contribution < 1.29 is 14.3 Å². The second kappa shape index (κ2) is 8.02. The van der Waals surface area contributed by atoms with Crippen LogP contribution in [0.2, 0.25) is 0 Å². The molecule has 0 unspecified atom stereocenters. The number of hydrogen-bond acceptors (Lipinski definition) is 4. The molecule has 0 radical (unpaired) electrons. The largest absolute Gasteiger partial charge is 0.465 e. The van der Waals surface area contributed by atoms with Gasteiger partial charge in [-0.3, -0.25) is 4.79 Å². The topological polar surface area (TPSA) is 58.6 Å². The van der Waals surface area contributed by atoms with E-state index < -0.39 is 5.97 Å². The second-order valence-corrected chi connectivity index (χ2v) is 6.02. The summed E-state index contributed by atoms with van der Waals surface area (Å²) < 4.78 is 4.83. The Bertz CT molecular complexity index is 461. The van der Waals surface area contributed by atoms with Crippen LogP contribution in [0, 0.1) is 0 Å². The fourth-order valence-corrected chi connectivity index (χ4v) is 3.46. The van der Waals surface area contributed by atoms with E-state index in [2.05, 4.69) is 11.4 Å². The van der Waals surface area contributed by atoms with Gasteiger partial charge in [-0.1, -0.05) is 18.9 Å². The van der Waals surface area contributed by atoms with Crippen LogP contribution in [-0.4, -0.2) is 36.6 Å². The van der Waals surface area contributed by atoms with Crippen LogP contribution in [0.1, 0.15) is 43.5 Å². The Morgan fingerprint density at radius 3 is 3.00 bits per heavy atom. The van der Waals surface area contributed by atoms with Gasteiger partial charge in [0.2, 0.25) is 0 Å². The van der Waals surface area contributed by atoms with Crippen molar-refractivity contribution in [2.24, 2.45) is 0 Å². The number of urea groups is 1. The highest BCUT2D eigenvalue weighted by atomic mass is 32.1. The highest BCUT2D eigenvalue weighted by molar-refractivity contribution is 7.10. The van der Waals surface area contributed by atoms with Crippen molar-refractivity contribution in [3.05, 3.63) is 22.4 Å². The van der Waals surface area contributed by atoms with Gasteiger partial charge in [-0.15, -0.1) is 11.3 Å². The predicted molar refractivity (Wildman–Crippen MR) is 82.3 cm³/mol. The first-order valence-electron chi connectivity index (χ1n) is 7.46. The lowest BCUT2D eigenvalue weighted by atomic mass is 10.1. The van der Waals surface area contributed by atoms with Crippen molar-refractivity contribution in [1.82, 2.24) is 10.2 Å². The molecule has 1 N–H and O–H groups in total. The number of rotatable bonds is 4. The molecule has 2 heterocycles. The van der Waals surface area contributed by atoms with E-state index in [1.807, 2.05) is 16.3 Å². The molecule has 116 valence electrons. The highest BCUT2D eigenvalue weighted by Crippen LogP contribution is 2.32. The molecule has 0 bridgehead atoms. The van der Waals surface area contributed by atoms with Crippen molar-refractivity contribution in [2.75, 3.05) is 19.7 Å². The summed E-state index contributed by atoms with van der Waals surface area (Å²) in [6.07, 6.45) is 4.26. The van der Waals surface area contributed by atoms with E-state index in [-0.39, 0.29) is 18.6 Å². The number of nitrogens with one attached hydrogen (secondary N) is 1. The lowest BCUT2D eigenvalue weighted by Crippen LogP contribution is -2.44. The van der Waals surface area contributed by atoms with Gasteiger partial charge in [-0.2, -0.15) is 0 Å². The Hall–Kier alpha value is -1.56. The van der Waals surface area contributed by atoms with E-state index in [9.17, 15) is 9.59 Å². The van der Waals surface area contributed by atoms with Gasteiger partial charge in [0, 0.05) is 11.4 Å². The van der Waals surface area contributed by atoms with E-state index >= 15 is 0 Å². The summed E-state index contributed by atoms with van der Waals surface area (Å²) in [4.78, 5) is 26.8. The normalized spacial score (nSPS) is 18.9. The van der Waals surface area contributed by atoms with Gasteiger partial charge >= 0.3 is 12.0 Å². The quantitative estimate of drug-likeness (QED) is 0.870. The third-order valence-electron chi connectivity index (χ3n) is 3.57. The summed E-state index contributed by atoms with van der Waals surface area (Å²) in [5, 5.41) is 4.71. The number of amides is 2. The average molecular weight is 310 g/mol. The molecule has 21 heavy (non-hydrogen) atoms. The number of hydrogen-bond donors (Lipinski definition) is 1. The molecule has 6 heteroatoms. The summed E-state index contributed by atoms with van der Waals surface area (Å²) in [5.41, 5.74) is 0. The zero-order chi connectivity index (χ0) is 15.1. The predicted octanol–water partition coefficient (Wildman–Crippen LogP) is 2.94. The zero-order valence-electron chi connectivity index (χ0n) is 12.3. The van der Waals surface area contributed by atoms with Crippen molar-refractivity contribution in [3.8, 4) is 0 Å². The van der Waals surface area contributed by atoms with Crippen molar-refractivity contribution in [3.63, 3.8) is 0 Å². The third kappa shape index (κ3) is 4.46.